The number of rotatable bonds is 8. The monoisotopic (exact) mass is 249 g/mol. The molecule has 0 radical (unpaired) electrons. The molecular formula is C15H23NO2. The van der Waals surface area contributed by atoms with Crippen molar-refractivity contribution in [3.63, 3.8) is 0 Å². The molecule has 0 fully saturated rings. The average molecular weight is 249 g/mol. The van der Waals surface area contributed by atoms with Gasteiger partial charge in [-0.3, -0.25) is 9.69 Å². The third-order valence-electron chi connectivity index (χ3n) is 2.93. The number of carbonyl (C=O) groups excluding carboxylic acids is 1. The van der Waals surface area contributed by atoms with E-state index in [9.17, 15) is 4.79 Å². The van der Waals surface area contributed by atoms with Crippen LogP contribution in [-0.2, 0) is 6.54 Å². The fraction of sp³-hybridized carbons (Fsp3) is 0.533. The first-order valence-electron chi connectivity index (χ1n) is 6.67. The van der Waals surface area contributed by atoms with E-state index in [1.165, 1.54) is 0 Å². The molecule has 0 aromatic heterocycles. The smallest absolute Gasteiger partial charge is 0.188 e. The van der Waals surface area contributed by atoms with Gasteiger partial charge < -0.3 is 5.11 Å². The summed E-state index contributed by atoms with van der Waals surface area (Å²) in [7, 11) is 0. The third-order valence-corrected chi connectivity index (χ3v) is 2.93. The molecule has 0 aliphatic heterocycles. The standard InChI is InChI=1S/C15H23NO2/c1-3-9-16(10-4-2)11-13-7-5-6-8-14(13)15(18)12-17/h5-8,17H,3-4,9-12H2,1-2H3. The number of Topliss-reactive ketones (excluding diaryl/α,β-unsaturated/α-hetero) is 1. The average Bonchev–Trinajstić information content (AvgIpc) is 2.39. The first-order chi connectivity index (χ1) is 8.72. The molecule has 1 N–H and O–H groups in total. The number of aliphatic hydroxyl groups excluding tert-OH is 1. The lowest BCUT2D eigenvalue weighted by Crippen LogP contribution is -2.26. The molecule has 0 unspecified atom stereocenters. The second-order valence-electron chi connectivity index (χ2n) is 4.51. The van der Waals surface area contributed by atoms with Gasteiger partial charge in [-0.05, 0) is 31.5 Å². The Morgan fingerprint density at radius 3 is 2.33 bits per heavy atom. The maximum atomic E-state index is 11.7. The maximum Gasteiger partial charge on any atom is 0.188 e. The van der Waals surface area contributed by atoms with Crippen LogP contribution in [0.5, 0.6) is 0 Å². The first kappa shape index (κ1) is 14.9. The van der Waals surface area contributed by atoms with Gasteiger partial charge in [-0.2, -0.15) is 0 Å². The summed E-state index contributed by atoms with van der Waals surface area (Å²) < 4.78 is 0. The Labute approximate surface area is 109 Å². The zero-order valence-electron chi connectivity index (χ0n) is 11.4. The first-order valence-corrected chi connectivity index (χ1v) is 6.67. The molecule has 1 aromatic carbocycles. The van der Waals surface area contributed by atoms with E-state index in [1.807, 2.05) is 18.2 Å². The fourth-order valence-corrected chi connectivity index (χ4v) is 2.16. The molecule has 0 aliphatic rings. The molecule has 1 aromatic rings. The molecule has 3 nitrogen and oxygen atoms in total. The normalized spacial score (nSPS) is 10.9. The van der Waals surface area contributed by atoms with Crippen LogP contribution in [0.15, 0.2) is 24.3 Å². The summed E-state index contributed by atoms with van der Waals surface area (Å²) in [5, 5.41) is 8.99. The Morgan fingerprint density at radius 2 is 1.78 bits per heavy atom. The topological polar surface area (TPSA) is 40.5 Å². The summed E-state index contributed by atoms with van der Waals surface area (Å²) in [6.07, 6.45) is 2.21. The Bertz CT molecular complexity index is 371. The number of ketones is 1. The molecule has 18 heavy (non-hydrogen) atoms. The molecular weight excluding hydrogens is 226 g/mol. The second-order valence-corrected chi connectivity index (χ2v) is 4.51. The second kappa shape index (κ2) is 8.01. The summed E-state index contributed by atoms with van der Waals surface area (Å²) in [4.78, 5) is 14.0. The molecule has 1 rings (SSSR count). The summed E-state index contributed by atoms with van der Waals surface area (Å²) in [5.74, 6) is -0.196. The van der Waals surface area contributed by atoms with Crippen molar-refractivity contribution in [3.05, 3.63) is 35.4 Å². The highest BCUT2D eigenvalue weighted by molar-refractivity contribution is 5.98. The molecule has 0 bridgehead atoms. The molecule has 0 saturated carbocycles. The van der Waals surface area contributed by atoms with Crippen LogP contribution in [0, 0.1) is 0 Å². The minimum atomic E-state index is -0.418. The fourth-order valence-electron chi connectivity index (χ4n) is 2.16. The van der Waals surface area contributed by atoms with Crippen molar-refractivity contribution < 1.29 is 9.90 Å². The van der Waals surface area contributed by atoms with Gasteiger partial charge in [0.25, 0.3) is 0 Å². The molecule has 0 atom stereocenters. The van der Waals surface area contributed by atoms with Crippen LogP contribution in [0.3, 0.4) is 0 Å². The molecule has 0 heterocycles. The van der Waals surface area contributed by atoms with Crippen molar-refractivity contribution in [2.45, 2.75) is 33.2 Å². The van der Waals surface area contributed by atoms with Gasteiger partial charge in [-0.25, -0.2) is 0 Å². The van der Waals surface area contributed by atoms with Gasteiger partial charge in [0, 0.05) is 12.1 Å². The lowest BCUT2D eigenvalue weighted by molar-refractivity contribution is 0.0901. The van der Waals surface area contributed by atoms with E-state index in [0.717, 1.165) is 38.0 Å². The SMILES string of the molecule is CCCN(CCC)Cc1ccccc1C(=O)CO. The predicted octanol–water partition coefficient (Wildman–Crippen LogP) is 2.48. The minimum absolute atomic E-state index is 0.196. The van der Waals surface area contributed by atoms with Gasteiger partial charge in [0.2, 0.25) is 0 Å². The van der Waals surface area contributed by atoms with Crippen LogP contribution in [-0.4, -0.2) is 35.5 Å². The van der Waals surface area contributed by atoms with Crippen molar-refractivity contribution in [1.29, 1.82) is 0 Å². The largest absolute Gasteiger partial charge is 0.388 e. The van der Waals surface area contributed by atoms with Crippen LogP contribution in [0.1, 0.15) is 42.6 Å². The Morgan fingerprint density at radius 1 is 1.17 bits per heavy atom. The Balaban J connectivity index is 2.84. The Hall–Kier alpha value is -1.19. The van der Waals surface area contributed by atoms with Gasteiger partial charge in [-0.15, -0.1) is 0 Å². The van der Waals surface area contributed by atoms with Crippen LogP contribution in [0.2, 0.25) is 0 Å². The summed E-state index contributed by atoms with van der Waals surface area (Å²) in [6.45, 7) is 6.76. The van der Waals surface area contributed by atoms with Gasteiger partial charge in [0.15, 0.2) is 5.78 Å². The van der Waals surface area contributed by atoms with E-state index in [-0.39, 0.29) is 5.78 Å². The predicted molar refractivity (Wildman–Crippen MR) is 73.7 cm³/mol. The van der Waals surface area contributed by atoms with Crippen LogP contribution >= 0.6 is 0 Å². The number of hydrogen-bond donors (Lipinski definition) is 1. The quantitative estimate of drug-likeness (QED) is 0.720. The lowest BCUT2D eigenvalue weighted by Gasteiger charge is -2.22. The van der Waals surface area contributed by atoms with E-state index < -0.39 is 6.61 Å². The highest BCUT2D eigenvalue weighted by Gasteiger charge is 2.12. The van der Waals surface area contributed by atoms with Gasteiger partial charge in [0.1, 0.15) is 6.61 Å². The number of benzene rings is 1. The van der Waals surface area contributed by atoms with Crippen molar-refractivity contribution in [2.24, 2.45) is 0 Å². The number of carbonyl (C=O) groups is 1. The molecule has 100 valence electrons. The molecule has 0 amide bonds. The number of aliphatic hydroxyl groups is 1. The van der Waals surface area contributed by atoms with Crippen molar-refractivity contribution in [1.82, 2.24) is 4.90 Å². The highest BCUT2D eigenvalue weighted by atomic mass is 16.3. The van der Waals surface area contributed by atoms with E-state index in [1.54, 1.807) is 6.07 Å². The zero-order chi connectivity index (χ0) is 13.4. The van der Waals surface area contributed by atoms with Crippen LogP contribution < -0.4 is 0 Å². The third kappa shape index (κ3) is 4.24. The van der Waals surface area contributed by atoms with Gasteiger partial charge in [-0.1, -0.05) is 38.1 Å². The summed E-state index contributed by atoms with van der Waals surface area (Å²) in [5.41, 5.74) is 1.66. The molecule has 3 heteroatoms. The Kier molecular flexibility index (Phi) is 6.61. The van der Waals surface area contributed by atoms with Crippen LogP contribution in [0.4, 0.5) is 0 Å². The molecule has 0 saturated heterocycles. The van der Waals surface area contributed by atoms with E-state index in [2.05, 4.69) is 18.7 Å². The minimum Gasteiger partial charge on any atom is -0.388 e. The maximum absolute atomic E-state index is 11.7. The van der Waals surface area contributed by atoms with E-state index in [4.69, 9.17) is 5.11 Å². The summed E-state index contributed by atoms with van der Waals surface area (Å²) >= 11 is 0. The van der Waals surface area contributed by atoms with Gasteiger partial charge >= 0.3 is 0 Å². The lowest BCUT2D eigenvalue weighted by atomic mass is 10.0. The number of hydrogen-bond acceptors (Lipinski definition) is 3. The van der Waals surface area contributed by atoms with E-state index >= 15 is 0 Å². The molecule has 0 spiro atoms. The number of nitrogens with zero attached hydrogens (tertiary/aromatic N) is 1. The van der Waals surface area contributed by atoms with Crippen molar-refractivity contribution in [3.8, 4) is 0 Å². The van der Waals surface area contributed by atoms with Gasteiger partial charge in [0.05, 0.1) is 0 Å². The molecule has 0 aliphatic carbocycles. The van der Waals surface area contributed by atoms with Crippen molar-refractivity contribution in [2.75, 3.05) is 19.7 Å². The zero-order valence-corrected chi connectivity index (χ0v) is 11.4. The van der Waals surface area contributed by atoms with Crippen LogP contribution in [0.25, 0.3) is 0 Å². The highest BCUT2D eigenvalue weighted by Crippen LogP contribution is 2.13. The summed E-state index contributed by atoms with van der Waals surface area (Å²) in [6, 6.07) is 7.56. The van der Waals surface area contributed by atoms with E-state index in [0.29, 0.717) is 5.56 Å². The van der Waals surface area contributed by atoms with Crippen molar-refractivity contribution >= 4 is 5.78 Å².